The van der Waals surface area contributed by atoms with Gasteiger partial charge < -0.3 is 9.47 Å². The topological polar surface area (TPSA) is 35.5 Å². The van der Waals surface area contributed by atoms with Gasteiger partial charge in [0.15, 0.2) is 0 Å². The Hall–Kier alpha value is -1.35. The molecular formula is C17H24O3. The highest BCUT2D eigenvalue weighted by Gasteiger charge is 2.15. The highest BCUT2D eigenvalue weighted by atomic mass is 16.5. The predicted octanol–water partition coefficient (Wildman–Crippen LogP) is 3.68. The molecular weight excluding hydrogens is 252 g/mol. The molecule has 0 spiro atoms. The summed E-state index contributed by atoms with van der Waals surface area (Å²) in [4.78, 5) is 11.8. The number of hydrogen-bond acceptors (Lipinski definition) is 3. The average Bonchev–Trinajstić information content (AvgIpc) is 2.92. The molecule has 0 aromatic heterocycles. The molecule has 0 N–H and O–H groups in total. The standard InChI is InChI=1S/C17H24O3/c1-14-5-2-8-17(13-14)20-12-10-15(18)6-3-7-16-9-4-11-19-16/h2,5,8,13,16H,3-4,6-7,9-12H2,1H3. The second-order valence-electron chi connectivity index (χ2n) is 5.48. The van der Waals surface area contributed by atoms with E-state index in [4.69, 9.17) is 9.47 Å². The number of benzene rings is 1. The fraction of sp³-hybridized carbons (Fsp3) is 0.588. The van der Waals surface area contributed by atoms with Gasteiger partial charge in [0, 0.05) is 19.4 Å². The first-order valence-electron chi connectivity index (χ1n) is 7.57. The van der Waals surface area contributed by atoms with E-state index >= 15 is 0 Å². The number of ether oxygens (including phenoxy) is 2. The van der Waals surface area contributed by atoms with Gasteiger partial charge in [0.05, 0.1) is 12.7 Å². The van der Waals surface area contributed by atoms with Crippen LogP contribution in [-0.2, 0) is 9.53 Å². The lowest BCUT2D eigenvalue weighted by molar-refractivity contribution is -0.119. The molecule has 3 nitrogen and oxygen atoms in total. The van der Waals surface area contributed by atoms with E-state index in [0.29, 0.717) is 25.6 Å². The minimum absolute atomic E-state index is 0.288. The van der Waals surface area contributed by atoms with Crippen LogP contribution in [0, 0.1) is 6.92 Å². The maximum atomic E-state index is 11.8. The first-order chi connectivity index (χ1) is 9.74. The molecule has 3 heteroatoms. The third-order valence-corrected chi connectivity index (χ3v) is 3.64. The maximum absolute atomic E-state index is 11.8. The van der Waals surface area contributed by atoms with Gasteiger partial charge in [-0.3, -0.25) is 4.79 Å². The van der Waals surface area contributed by atoms with Gasteiger partial charge in [-0.1, -0.05) is 12.1 Å². The van der Waals surface area contributed by atoms with Crippen LogP contribution in [-0.4, -0.2) is 25.1 Å². The van der Waals surface area contributed by atoms with E-state index < -0.39 is 0 Å². The number of aryl methyl sites for hydroxylation is 1. The molecule has 1 fully saturated rings. The zero-order valence-corrected chi connectivity index (χ0v) is 12.3. The van der Waals surface area contributed by atoms with Gasteiger partial charge >= 0.3 is 0 Å². The van der Waals surface area contributed by atoms with Gasteiger partial charge in [-0.05, 0) is 50.3 Å². The molecule has 1 unspecified atom stereocenters. The van der Waals surface area contributed by atoms with Crippen LogP contribution in [0.2, 0.25) is 0 Å². The van der Waals surface area contributed by atoms with Crippen LogP contribution >= 0.6 is 0 Å². The molecule has 1 aromatic carbocycles. The summed E-state index contributed by atoms with van der Waals surface area (Å²) in [5.74, 6) is 1.13. The lowest BCUT2D eigenvalue weighted by Gasteiger charge is -2.09. The Morgan fingerprint density at radius 3 is 3.05 bits per heavy atom. The maximum Gasteiger partial charge on any atom is 0.136 e. The van der Waals surface area contributed by atoms with E-state index in [1.54, 1.807) is 0 Å². The molecule has 1 aromatic rings. The largest absolute Gasteiger partial charge is 0.493 e. The lowest BCUT2D eigenvalue weighted by atomic mass is 10.1. The smallest absolute Gasteiger partial charge is 0.136 e. The molecule has 110 valence electrons. The summed E-state index contributed by atoms with van der Waals surface area (Å²) in [5, 5.41) is 0. The normalized spacial score (nSPS) is 18.1. The Morgan fingerprint density at radius 1 is 1.40 bits per heavy atom. The predicted molar refractivity (Wildman–Crippen MR) is 79.1 cm³/mol. The molecule has 1 saturated heterocycles. The summed E-state index contributed by atoms with van der Waals surface area (Å²) in [6.07, 6.45) is 5.83. The van der Waals surface area contributed by atoms with Gasteiger partial charge in [0.25, 0.3) is 0 Å². The summed E-state index contributed by atoms with van der Waals surface area (Å²) < 4.78 is 11.1. The van der Waals surface area contributed by atoms with E-state index in [1.807, 2.05) is 31.2 Å². The molecule has 2 rings (SSSR count). The van der Waals surface area contributed by atoms with Crippen molar-refractivity contribution in [3.8, 4) is 5.75 Å². The Balaban J connectivity index is 1.55. The van der Waals surface area contributed by atoms with Gasteiger partial charge in [-0.25, -0.2) is 0 Å². The molecule has 0 saturated carbocycles. The van der Waals surface area contributed by atoms with E-state index in [0.717, 1.165) is 31.6 Å². The number of carbonyl (C=O) groups is 1. The molecule has 1 aliphatic rings. The van der Waals surface area contributed by atoms with E-state index in [1.165, 1.54) is 12.0 Å². The Labute approximate surface area is 121 Å². The van der Waals surface area contributed by atoms with Crippen LogP contribution in [0.1, 0.15) is 44.1 Å². The number of ketones is 1. The minimum atomic E-state index is 0.288. The van der Waals surface area contributed by atoms with Gasteiger partial charge in [0.2, 0.25) is 0 Å². The van der Waals surface area contributed by atoms with Crippen LogP contribution in [0.3, 0.4) is 0 Å². The first-order valence-corrected chi connectivity index (χ1v) is 7.57. The summed E-state index contributed by atoms with van der Waals surface area (Å²) in [5.41, 5.74) is 1.17. The van der Waals surface area contributed by atoms with Crippen molar-refractivity contribution < 1.29 is 14.3 Å². The van der Waals surface area contributed by atoms with Gasteiger partial charge in [0.1, 0.15) is 11.5 Å². The van der Waals surface area contributed by atoms with Gasteiger partial charge in [-0.15, -0.1) is 0 Å². The quantitative estimate of drug-likeness (QED) is 0.726. The minimum Gasteiger partial charge on any atom is -0.493 e. The molecule has 0 aliphatic carbocycles. The van der Waals surface area contributed by atoms with Crippen molar-refractivity contribution in [3.05, 3.63) is 29.8 Å². The highest BCUT2D eigenvalue weighted by Crippen LogP contribution is 2.18. The van der Waals surface area contributed by atoms with Crippen molar-refractivity contribution in [2.75, 3.05) is 13.2 Å². The third kappa shape index (κ3) is 5.33. The monoisotopic (exact) mass is 276 g/mol. The van der Waals surface area contributed by atoms with E-state index in [9.17, 15) is 4.79 Å². The molecule has 0 amide bonds. The Morgan fingerprint density at radius 2 is 2.30 bits per heavy atom. The van der Waals surface area contributed by atoms with Crippen molar-refractivity contribution in [2.24, 2.45) is 0 Å². The Bertz CT molecular complexity index is 422. The van der Waals surface area contributed by atoms with Crippen molar-refractivity contribution in [1.82, 2.24) is 0 Å². The molecule has 1 heterocycles. The second kappa shape index (κ2) is 8.05. The summed E-state index contributed by atoms with van der Waals surface area (Å²) in [6.45, 7) is 3.40. The third-order valence-electron chi connectivity index (χ3n) is 3.64. The number of hydrogen-bond donors (Lipinski definition) is 0. The van der Waals surface area contributed by atoms with Crippen LogP contribution < -0.4 is 4.74 Å². The molecule has 1 aliphatic heterocycles. The average molecular weight is 276 g/mol. The van der Waals surface area contributed by atoms with Crippen LogP contribution in [0.15, 0.2) is 24.3 Å². The molecule has 0 bridgehead atoms. The van der Waals surface area contributed by atoms with Crippen LogP contribution in [0.4, 0.5) is 0 Å². The fourth-order valence-electron chi connectivity index (χ4n) is 2.51. The van der Waals surface area contributed by atoms with Crippen molar-refractivity contribution >= 4 is 5.78 Å². The van der Waals surface area contributed by atoms with Crippen molar-refractivity contribution in [3.63, 3.8) is 0 Å². The van der Waals surface area contributed by atoms with E-state index in [2.05, 4.69) is 0 Å². The first kappa shape index (κ1) is 15.0. The molecule has 0 radical (unpaired) electrons. The number of rotatable bonds is 8. The summed E-state index contributed by atoms with van der Waals surface area (Å²) in [6, 6.07) is 7.91. The molecule has 1 atom stereocenters. The highest BCUT2D eigenvalue weighted by molar-refractivity contribution is 5.78. The van der Waals surface area contributed by atoms with E-state index in [-0.39, 0.29) is 5.78 Å². The van der Waals surface area contributed by atoms with Gasteiger partial charge in [-0.2, -0.15) is 0 Å². The van der Waals surface area contributed by atoms with Crippen LogP contribution in [0.25, 0.3) is 0 Å². The van der Waals surface area contributed by atoms with Crippen LogP contribution in [0.5, 0.6) is 5.75 Å². The van der Waals surface area contributed by atoms with Crippen molar-refractivity contribution in [2.45, 2.75) is 51.6 Å². The lowest BCUT2D eigenvalue weighted by Crippen LogP contribution is -2.09. The Kier molecular flexibility index (Phi) is 6.06. The molecule has 20 heavy (non-hydrogen) atoms. The second-order valence-corrected chi connectivity index (χ2v) is 5.48. The summed E-state index contributed by atoms with van der Waals surface area (Å²) >= 11 is 0. The van der Waals surface area contributed by atoms with Crippen molar-refractivity contribution in [1.29, 1.82) is 0 Å². The number of carbonyl (C=O) groups excluding carboxylic acids is 1. The fourth-order valence-corrected chi connectivity index (χ4v) is 2.51. The zero-order chi connectivity index (χ0) is 14.2. The SMILES string of the molecule is Cc1cccc(OCCC(=O)CCCC2CCCO2)c1. The zero-order valence-electron chi connectivity index (χ0n) is 12.3. The number of Topliss-reactive ketones (excluding diaryl/α,β-unsaturated/α-hetero) is 1. The summed E-state index contributed by atoms with van der Waals surface area (Å²) in [7, 11) is 0.